The third kappa shape index (κ3) is 4.03. The SMILES string of the molecule is COc1cc(C#N)ccc1OC(=O)C(C)Sc1ccccc1. The summed E-state index contributed by atoms with van der Waals surface area (Å²) in [7, 11) is 1.47. The number of benzene rings is 2. The second kappa shape index (κ2) is 7.53. The lowest BCUT2D eigenvalue weighted by molar-refractivity contribution is -0.133. The second-order valence-corrected chi connectivity index (χ2v) is 5.89. The molecule has 0 spiro atoms. The van der Waals surface area contributed by atoms with E-state index in [0.717, 1.165) is 4.90 Å². The van der Waals surface area contributed by atoms with E-state index < -0.39 is 0 Å². The van der Waals surface area contributed by atoms with Crippen molar-refractivity contribution >= 4 is 17.7 Å². The minimum absolute atomic E-state index is 0.312. The number of nitrogens with zero attached hydrogens (tertiary/aromatic N) is 1. The minimum Gasteiger partial charge on any atom is -0.493 e. The second-order valence-electron chi connectivity index (χ2n) is 4.47. The van der Waals surface area contributed by atoms with Crippen molar-refractivity contribution in [2.45, 2.75) is 17.1 Å². The van der Waals surface area contributed by atoms with Gasteiger partial charge in [-0.2, -0.15) is 5.26 Å². The molecule has 0 fully saturated rings. The van der Waals surface area contributed by atoms with E-state index in [9.17, 15) is 4.79 Å². The van der Waals surface area contributed by atoms with Gasteiger partial charge in [-0.3, -0.25) is 4.79 Å². The first kappa shape index (κ1) is 15.9. The molecule has 0 aliphatic carbocycles. The van der Waals surface area contributed by atoms with Crippen LogP contribution < -0.4 is 9.47 Å². The van der Waals surface area contributed by atoms with Crippen LogP contribution in [0.4, 0.5) is 0 Å². The zero-order valence-corrected chi connectivity index (χ0v) is 13.1. The monoisotopic (exact) mass is 313 g/mol. The van der Waals surface area contributed by atoms with Crippen LogP contribution >= 0.6 is 11.8 Å². The van der Waals surface area contributed by atoms with Gasteiger partial charge < -0.3 is 9.47 Å². The van der Waals surface area contributed by atoms with Crippen molar-refractivity contribution in [2.75, 3.05) is 7.11 Å². The zero-order valence-electron chi connectivity index (χ0n) is 12.3. The van der Waals surface area contributed by atoms with Gasteiger partial charge in [-0.05, 0) is 31.2 Å². The van der Waals surface area contributed by atoms with Crippen LogP contribution in [-0.4, -0.2) is 18.3 Å². The Balaban J connectivity index is 2.07. The maximum absolute atomic E-state index is 12.2. The highest BCUT2D eigenvalue weighted by atomic mass is 32.2. The van der Waals surface area contributed by atoms with E-state index in [-0.39, 0.29) is 11.2 Å². The van der Waals surface area contributed by atoms with Crippen molar-refractivity contribution in [3.63, 3.8) is 0 Å². The van der Waals surface area contributed by atoms with Gasteiger partial charge in [-0.25, -0.2) is 0 Å². The highest BCUT2D eigenvalue weighted by Gasteiger charge is 2.18. The topological polar surface area (TPSA) is 59.3 Å². The van der Waals surface area contributed by atoms with Crippen LogP contribution in [0.3, 0.4) is 0 Å². The van der Waals surface area contributed by atoms with Gasteiger partial charge in [0.2, 0.25) is 0 Å². The largest absolute Gasteiger partial charge is 0.493 e. The molecule has 0 saturated heterocycles. The number of carbonyl (C=O) groups excluding carboxylic acids is 1. The first-order valence-electron chi connectivity index (χ1n) is 6.65. The predicted octanol–water partition coefficient (Wildman–Crippen LogP) is 3.65. The van der Waals surface area contributed by atoms with Gasteiger partial charge in [0.1, 0.15) is 5.25 Å². The highest BCUT2D eigenvalue weighted by Crippen LogP contribution is 2.30. The van der Waals surface area contributed by atoms with E-state index in [1.807, 2.05) is 36.4 Å². The van der Waals surface area contributed by atoms with E-state index in [2.05, 4.69) is 0 Å². The lowest BCUT2D eigenvalue weighted by Crippen LogP contribution is -2.20. The number of esters is 1. The summed E-state index contributed by atoms with van der Waals surface area (Å²) in [4.78, 5) is 13.2. The van der Waals surface area contributed by atoms with Crippen LogP contribution in [0, 0.1) is 11.3 Å². The molecule has 0 radical (unpaired) electrons. The Morgan fingerprint density at radius 1 is 1.18 bits per heavy atom. The molecule has 0 bridgehead atoms. The molecular weight excluding hydrogens is 298 g/mol. The van der Waals surface area contributed by atoms with Gasteiger partial charge >= 0.3 is 5.97 Å². The Kier molecular flexibility index (Phi) is 5.45. The lowest BCUT2D eigenvalue weighted by Gasteiger charge is -2.13. The minimum atomic E-state index is -0.364. The van der Waals surface area contributed by atoms with E-state index >= 15 is 0 Å². The molecule has 4 nitrogen and oxygen atoms in total. The predicted molar refractivity (Wildman–Crippen MR) is 85.1 cm³/mol. The van der Waals surface area contributed by atoms with Gasteiger partial charge in [0.15, 0.2) is 11.5 Å². The van der Waals surface area contributed by atoms with E-state index in [1.165, 1.54) is 24.9 Å². The number of ether oxygens (including phenoxy) is 2. The molecule has 1 unspecified atom stereocenters. The van der Waals surface area contributed by atoms with Gasteiger partial charge in [0.05, 0.1) is 18.7 Å². The lowest BCUT2D eigenvalue weighted by atomic mass is 10.2. The van der Waals surface area contributed by atoms with Gasteiger partial charge in [-0.15, -0.1) is 11.8 Å². The molecule has 1 atom stereocenters. The number of nitriles is 1. The maximum Gasteiger partial charge on any atom is 0.324 e. The molecule has 0 N–H and O–H groups in total. The Morgan fingerprint density at radius 3 is 2.55 bits per heavy atom. The van der Waals surface area contributed by atoms with Crippen LogP contribution in [-0.2, 0) is 4.79 Å². The van der Waals surface area contributed by atoms with Crippen LogP contribution in [0.15, 0.2) is 53.4 Å². The standard InChI is InChI=1S/C17H15NO3S/c1-12(22-14-6-4-3-5-7-14)17(19)21-15-9-8-13(11-18)10-16(15)20-2/h3-10,12H,1-2H3. The molecule has 2 rings (SSSR count). The van der Waals surface area contributed by atoms with E-state index in [0.29, 0.717) is 17.1 Å². The third-order valence-corrected chi connectivity index (χ3v) is 3.98. The fourth-order valence-corrected chi connectivity index (χ4v) is 2.63. The van der Waals surface area contributed by atoms with Crippen molar-refractivity contribution in [3.8, 4) is 17.6 Å². The number of hydrogen-bond acceptors (Lipinski definition) is 5. The third-order valence-electron chi connectivity index (χ3n) is 2.89. The number of rotatable bonds is 5. The average molecular weight is 313 g/mol. The molecule has 2 aromatic rings. The van der Waals surface area contributed by atoms with Crippen molar-refractivity contribution in [3.05, 3.63) is 54.1 Å². The number of carbonyl (C=O) groups is 1. The first-order chi connectivity index (χ1) is 10.6. The molecule has 0 aliphatic heterocycles. The Hall–Kier alpha value is -2.45. The fourth-order valence-electron chi connectivity index (χ4n) is 1.76. The van der Waals surface area contributed by atoms with Crippen LogP contribution in [0.1, 0.15) is 12.5 Å². The number of hydrogen-bond donors (Lipinski definition) is 0. The van der Waals surface area contributed by atoms with Crippen molar-refractivity contribution in [2.24, 2.45) is 0 Å². The molecular formula is C17H15NO3S. The summed E-state index contributed by atoms with van der Waals surface area (Å²) in [6.45, 7) is 1.79. The molecule has 0 heterocycles. The molecule has 0 aliphatic rings. The average Bonchev–Trinajstić information content (AvgIpc) is 2.56. The Bertz CT molecular complexity index is 695. The number of methoxy groups -OCH3 is 1. The Labute approximate surface area is 133 Å². The normalized spacial score (nSPS) is 11.3. The maximum atomic E-state index is 12.2. The first-order valence-corrected chi connectivity index (χ1v) is 7.53. The van der Waals surface area contributed by atoms with Gasteiger partial charge in [0.25, 0.3) is 0 Å². The van der Waals surface area contributed by atoms with Crippen molar-refractivity contribution < 1.29 is 14.3 Å². The summed E-state index contributed by atoms with van der Waals surface area (Å²) in [5.74, 6) is 0.313. The summed E-state index contributed by atoms with van der Waals surface area (Å²) in [6.07, 6.45) is 0. The van der Waals surface area contributed by atoms with Crippen molar-refractivity contribution in [1.29, 1.82) is 5.26 Å². The molecule has 0 amide bonds. The summed E-state index contributed by atoms with van der Waals surface area (Å²) >= 11 is 1.42. The van der Waals surface area contributed by atoms with E-state index in [4.69, 9.17) is 14.7 Å². The summed E-state index contributed by atoms with van der Waals surface area (Å²) in [6, 6.07) is 16.3. The zero-order chi connectivity index (χ0) is 15.9. The molecule has 0 aromatic heterocycles. The van der Waals surface area contributed by atoms with Crippen LogP contribution in [0.5, 0.6) is 11.5 Å². The van der Waals surface area contributed by atoms with Crippen LogP contribution in [0.2, 0.25) is 0 Å². The smallest absolute Gasteiger partial charge is 0.324 e. The quantitative estimate of drug-likeness (QED) is 0.479. The Morgan fingerprint density at radius 2 is 1.91 bits per heavy atom. The van der Waals surface area contributed by atoms with Gasteiger partial charge in [-0.1, -0.05) is 18.2 Å². The molecule has 5 heteroatoms. The summed E-state index contributed by atoms with van der Waals surface area (Å²) in [5.41, 5.74) is 0.448. The highest BCUT2D eigenvalue weighted by molar-refractivity contribution is 8.00. The molecule has 0 saturated carbocycles. The number of thioether (sulfide) groups is 1. The molecule has 2 aromatic carbocycles. The summed E-state index contributed by atoms with van der Waals surface area (Å²) < 4.78 is 10.5. The van der Waals surface area contributed by atoms with Gasteiger partial charge in [0, 0.05) is 11.0 Å². The summed E-state index contributed by atoms with van der Waals surface area (Å²) in [5, 5.41) is 8.51. The van der Waals surface area contributed by atoms with Crippen molar-refractivity contribution in [1.82, 2.24) is 0 Å². The van der Waals surface area contributed by atoms with E-state index in [1.54, 1.807) is 19.1 Å². The van der Waals surface area contributed by atoms with Crippen LogP contribution in [0.25, 0.3) is 0 Å². The molecule has 22 heavy (non-hydrogen) atoms. The molecule has 112 valence electrons. The fraction of sp³-hybridized carbons (Fsp3) is 0.176.